The van der Waals surface area contributed by atoms with Gasteiger partial charge in [-0.3, -0.25) is 0 Å². The van der Waals surface area contributed by atoms with Gasteiger partial charge < -0.3 is 5.11 Å². The second-order valence-electron chi connectivity index (χ2n) is 3.69. The van der Waals surface area contributed by atoms with Crippen molar-refractivity contribution >= 4 is 5.97 Å². The molecule has 2 nitrogen and oxygen atoms in total. The Bertz CT molecular complexity index is 506. The van der Waals surface area contributed by atoms with Gasteiger partial charge in [0.05, 0.1) is 0 Å². The largest absolute Gasteiger partial charge is 0.479 e. The van der Waals surface area contributed by atoms with Crippen LogP contribution in [0, 0.1) is 0 Å². The molecule has 0 amide bonds. The van der Waals surface area contributed by atoms with Gasteiger partial charge in [0, 0.05) is 0 Å². The molecule has 3 heteroatoms. The molecule has 0 fully saturated rings. The van der Waals surface area contributed by atoms with Crippen molar-refractivity contribution in [3.63, 3.8) is 0 Å². The normalized spacial score (nSPS) is 12.1. The summed E-state index contributed by atoms with van der Waals surface area (Å²) < 4.78 is 13.2. The van der Waals surface area contributed by atoms with Gasteiger partial charge in [-0.25, -0.2) is 9.18 Å². The number of carbonyl (C=O) groups is 1. The zero-order chi connectivity index (χ0) is 12.3. The summed E-state index contributed by atoms with van der Waals surface area (Å²) >= 11 is 0. The minimum atomic E-state index is -1.96. The Morgan fingerprint density at radius 1 is 0.941 bits per heavy atom. The zero-order valence-electron chi connectivity index (χ0n) is 9.01. The van der Waals surface area contributed by atoms with Crippen LogP contribution in [0.5, 0.6) is 0 Å². The topological polar surface area (TPSA) is 37.3 Å². The third kappa shape index (κ3) is 2.50. The van der Waals surface area contributed by atoms with Crippen molar-refractivity contribution in [1.29, 1.82) is 0 Å². The monoisotopic (exact) mass is 230 g/mol. The number of alkyl halides is 1. The van der Waals surface area contributed by atoms with Crippen LogP contribution in [0.2, 0.25) is 0 Å². The second-order valence-corrected chi connectivity index (χ2v) is 3.69. The van der Waals surface area contributed by atoms with Gasteiger partial charge in [0.15, 0.2) is 0 Å². The molecule has 2 aromatic rings. The maximum Gasteiger partial charge on any atom is 0.343 e. The van der Waals surface area contributed by atoms with Crippen LogP contribution in [0.25, 0.3) is 11.1 Å². The van der Waals surface area contributed by atoms with Gasteiger partial charge in [0.25, 0.3) is 0 Å². The lowest BCUT2D eigenvalue weighted by Crippen LogP contribution is -2.05. The van der Waals surface area contributed by atoms with Gasteiger partial charge in [-0.15, -0.1) is 0 Å². The predicted molar refractivity (Wildman–Crippen MR) is 63.4 cm³/mol. The molecule has 0 bridgehead atoms. The summed E-state index contributed by atoms with van der Waals surface area (Å²) in [5.74, 6) is -1.46. The highest BCUT2D eigenvalue weighted by Gasteiger charge is 2.17. The van der Waals surface area contributed by atoms with Gasteiger partial charge in [-0.1, -0.05) is 54.6 Å². The Morgan fingerprint density at radius 2 is 1.47 bits per heavy atom. The van der Waals surface area contributed by atoms with Crippen LogP contribution in [0.3, 0.4) is 0 Å². The van der Waals surface area contributed by atoms with E-state index in [0.717, 1.165) is 11.1 Å². The minimum Gasteiger partial charge on any atom is -0.479 e. The fourth-order valence-electron chi connectivity index (χ4n) is 1.62. The minimum absolute atomic E-state index is 0.164. The van der Waals surface area contributed by atoms with Crippen molar-refractivity contribution < 1.29 is 14.3 Å². The van der Waals surface area contributed by atoms with E-state index >= 15 is 0 Å². The fraction of sp³-hybridized carbons (Fsp3) is 0.0714. The lowest BCUT2D eigenvalue weighted by atomic mass is 10.0. The molecule has 86 valence electrons. The molecule has 0 saturated carbocycles. The van der Waals surface area contributed by atoms with Gasteiger partial charge in [-0.2, -0.15) is 0 Å². The first-order valence-corrected chi connectivity index (χ1v) is 5.21. The molecule has 1 unspecified atom stereocenters. The van der Waals surface area contributed by atoms with E-state index < -0.39 is 12.1 Å². The van der Waals surface area contributed by atoms with Crippen LogP contribution in [-0.2, 0) is 4.79 Å². The molecule has 2 aromatic carbocycles. The van der Waals surface area contributed by atoms with Crippen molar-refractivity contribution in [2.45, 2.75) is 6.17 Å². The maximum atomic E-state index is 13.2. The number of carboxylic acids is 1. The summed E-state index contributed by atoms with van der Waals surface area (Å²) in [5.41, 5.74) is 2.12. The van der Waals surface area contributed by atoms with Crippen LogP contribution in [-0.4, -0.2) is 11.1 Å². The van der Waals surface area contributed by atoms with Crippen LogP contribution < -0.4 is 0 Å². The Balaban J connectivity index is 2.28. The first kappa shape index (κ1) is 11.3. The SMILES string of the molecule is O=C(O)C(F)c1ccc(-c2ccccc2)cc1. The Kier molecular flexibility index (Phi) is 3.19. The van der Waals surface area contributed by atoms with Crippen LogP contribution in [0.1, 0.15) is 11.7 Å². The number of aliphatic carboxylic acids is 1. The Morgan fingerprint density at radius 3 is 2.00 bits per heavy atom. The Hall–Kier alpha value is -2.16. The molecule has 0 aromatic heterocycles. The van der Waals surface area contributed by atoms with Crippen molar-refractivity contribution in [3.8, 4) is 11.1 Å². The maximum absolute atomic E-state index is 13.2. The van der Waals surface area contributed by atoms with Gasteiger partial charge in [0.2, 0.25) is 6.17 Å². The summed E-state index contributed by atoms with van der Waals surface area (Å²) in [6.07, 6.45) is -1.96. The van der Waals surface area contributed by atoms with Crippen molar-refractivity contribution in [1.82, 2.24) is 0 Å². The highest BCUT2D eigenvalue weighted by Crippen LogP contribution is 2.23. The fourth-order valence-corrected chi connectivity index (χ4v) is 1.62. The van der Waals surface area contributed by atoms with Gasteiger partial charge in [-0.05, 0) is 16.7 Å². The molecule has 0 aliphatic heterocycles. The average Bonchev–Trinajstić information content (AvgIpc) is 2.39. The number of benzene rings is 2. The summed E-state index contributed by atoms with van der Waals surface area (Å²) in [6.45, 7) is 0. The number of carboxylic acid groups (broad SMARTS) is 1. The summed E-state index contributed by atoms with van der Waals surface area (Å²) in [4.78, 5) is 10.5. The van der Waals surface area contributed by atoms with E-state index in [0.29, 0.717) is 0 Å². The highest BCUT2D eigenvalue weighted by molar-refractivity contribution is 5.74. The van der Waals surface area contributed by atoms with E-state index in [-0.39, 0.29) is 5.56 Å². The smallest absolute Gasteiger partial charge is 0.343 e. The number of rotatable bonds is 3. The molecule has 0 aliphatic carbocycles. The molecular formula is C14H11FO2. The molecular weight excluding hydrogens is 219 g/mol. The first-order valence-electron chi connectivity index (χ1n) is 5.21. The van der Waals surface area contributed by atoms with Crippen LogP contribution >= 0.6 is 0 Å². The molecule has 2 rings (SSSR count). The predicted octanol–water partition coefficient (Wildman–Crippen LogP) is 3.45. The summed E-state index contributed by atoms with van der Waals surface area (Å²) in [5, 5.41) is 8.55. The summed E-state index contributed by atoms with van der Waals surface area (Å²) in [7, 11) is 0. The zero-order valence-corrected chi connectivity index (χ0v) is 9.01. The number of halogens is 1. The van der Waals surface area contributed by atoms with E-state index in [1.807, 2.05) is 30.3 Å². The highest BCUT2D eigenvalue weighted by atomic mass is 19.1. The van der Waals surface area contributed by atoms with Gasteiger partial charge >= 0.3 is 5.97 Å². The number of hydrogen-bond donors (Lipinski definition) is 1. The third-order valence-corrected chi connectivity index (χ3v) is 2.53. The average molecular weight is 230 g/mol. The molecule has 1 N–H and O–H groups in total. The lowest BCUT2D eigenvalue weighted by Gasteiger charge is -2.05. The van der Waals surface area contributed by atoms with E-state index in [1.54, 1.807) is 12.1 Å². The second kappa shape index (κ2) is 4.78. The molecule has 0 aliphatic rings. The van der Waals surface area contributed by atoms with Crippen LogP contribution in [0.4, 0.5) is 4.39 Å². The van der Waals surface area contributed by atoms with Crippen molar-refractivity contribution in [2.24, 2.45) is 0 Å². The van der Waals surface area contributed by atoms with Crippen LogP contribution in [0.15, 0.2) is 54.6 Å². The molecule has 0 radical (unpaired) electrons. The lowest BCUT2D eigenvalue weighted by molar-refractivity contribution is -0.143. The van der Waals surface area contributed by atoms with Gasteiger partial charge in [0.1, 0.15) is 0 Å². The number of hydrogen-bond acceptors (Lipinski definition) is 1. The summed E-state index contributed by atoms with van der Waals surface area (Å²) in [6, 6.07) is 16.1. The molecule has 0 saturated heterocycles. The van der Waals surface area contributed by atoms with E-state index in [4.69, 9.17) is 5.11 Å². The Labute approximate surface area is 98.3 Å². The molecule has 0 spiro atoms. The molecule has 17 heavy (non-hydrogen) atoms. The van der Waals surface area contributed by atoms with E-state index in [9.17, 15) is 9.18 Å². The molecule has 1 atom stereocenters. The quantitative estimate of drug-likeness (QED) is 0.876. The van der Waals surface area contributed by atoms with Crippen molar-refractivity contribution in [2.75, 3.05) is 0 Å². The molecule has 0 heterocycles. The first-order chi connectivity index (χ1) is 8.18. The van der Waals surface area contributed by atoms with E-state index in [2.05, 4.69) is 0 Å². The standard InChI is InChI=1S/C14H11FO2/c15-13(14(16)17)12-8-6-11(7-9-12)10-4-2-1-3-5-10/h1-9,13H,(H,16,17). The van der Waals surface area contributed by atoms with Crippen molar-refractivity contribution in [3.05, 3.63) is 60.2 Å². The third-order valence-electron chi connectivity index (χ3n) is 2.53. The van der Waals surface area contributed by atoms with E-state index in [1.165, 1.54) is 12.1 Å².